The minimum atomic E-state index is -0.114. The number of nitrogens with zero attached hydrogens (tertiary/aromatic N) is 2. The van der Waals surface area contributed by atoms with E-state index in [4.69, 9.17) is 9.15 Å². The second-order valence-electron chi connectivity index (χ2n) is 5.09. The van der Waals surface area contributed by atoms with E-state index in [2.05, 4.69) is 4.98 Å². The highest BCUT2D eigenvalue weighted by Crippen LogP contribution is 2.24. The Morgan fingerprint density at radius 2 is 2.23 bits per heavy atom. The smallest absolute Gasteiger partial charge is 0.246 e. The summed E-state index contributed by atoms with van der Waals surface area (Å²) in [6.07, 6.45) is 6.46. The number of carbonyl (C=O) groups is 1. The quantitative estimate of drug-likeness (QED) is 0.797. The second-order valence-corrected chi connectivity index (χ2v) is 5.09. The Labute approximate surface area is 130 Å². The summed E-state index contributed by atoms with van der Waals surface area (Å²) in [6, 6.07) is 3.57. The summed E-state index contributed by atoms with van der Waals surface area (Å²) < 4.78 is 10.5. The molecular formula is C17H20N2O3. The van der Waals surface area contributed by atoms with E-state index >= 15 is 0 Å². The number of aryl methyl sites for hydroxylation is 1. The molecule has 2 aromatic heterocycles. The Hall–Kier alpha value is -2.56. The molecule has 0 atom stereocenters. The van der Waals surface area contributed by atoms with Crippen molar-refractivity contribution in [1.82, 2.24) is 9.88 Å². The Kier molecular flexibility index (Phi) is 4.99. The van der Waals surface area contributed by atoms with E-state index in [-0.39, 0.29) is 5.91 Å². The molecule has 2 aromatic rings. The van der Waals surface area contributed by atoms with Gasteiger partial charge in [0.2, 0.25) is 5.91 Å². The largest absolute Gasteiger partial charge is 0.496 e. The van der Waals surface area contributed by atoms with Gasteiger partial charge in [0.05, 0.1) is 25.6 Å². The van der Waals surface area contributed by atoms with Crippen LogP contribution in [0.3, 0.4) is 0 Å². The van der Waals surface area contributed by atoms with Gasteiger partial charge in [0.25, 0.3) is 0 Å². The molecule has 0 spiro atoms. The summed E-state index contributed by atoms with van der Waals surface area (Å²) >= 11 is 0. The van der Waals surface area contributed by atoms with Crippen LogP contribution in [0.25, 0.3) is 6.08 Å². The number of likely N-dealkylation sites (N-methyl/N-ethyl adjacent to an activating group) is 1. The van der Waals surface area contributed by atoms with Gasteiger partial charge in [-0.2, -0.15) is 0 Å². The molecule has 0 N–H and O–H groups in total. The van der Waals surface area contributed by atoms with Crippen LogP contribution in [0.4, 0.5) is 0 Å². The van der Waals surface area contributed by atoms with Gasteiger partial charge in [-0.1, -0.05) is 0 Å². The molecule has 0 unspecified atom stereocenters. The number of hydrogen-bond acceptors (Lipinski definition) is 4. The van der Waals surface area contributed by atoms with Crippen molar-refractivity contribution in [2.24, 2.45) is 0 Å². The van der Waals surface area contributed by atoms with Crippen LogP contribution in [0.1, 0.15) is 22.6 Å². The van der Waals surface area contributed by atoms with Crippen LogP contribution in [0, 0.1) is 13.8 Å². The van der Waals surface area contributed by atoms with Crippen molar-refractivity contribution in [1.29, 1.82) is 0 Å². The van der Waals surface area contributed by atoms with Crippen LogP contribution in [0.15, 0.2) is 35.1 Å². The van der Waals surface area contributed by atoms with E-state index < -0.39 is 0 Å². The van der Waals surface area contributed by atoms with Gasteiger partial charge in [0, 0.05) is 30.4 Å². The maximum atomic E-state index is 12.1. The zero-order valence-corrected chi connectivity index (χ0v) is 13.3. The van der Waals surface area contributed by atoms with Gasteiger partial charge in [0.15, 0.2) is 0 Å². The highest BCUT2D eigenvalue weighted by atomic mass is 16.5. The average molecular weight is 300 g/mol. The Bertz CT molecular complexity index is 675. The van der Waals surface area contributed by atoms with E-state index in [1.54, 1.807) is 49.7 Å². The topological polar surface area (TPSA) is 55.6 Å². The van der Waals surface area contributed by atoms with Crippen molar-refractivity contribution in [3.63, 3.8) is 0 Å². The molecule has 2 heterocycles. The van der Waals surface area contributed by atoms with Crippen molar-refractivity contribution in [3.8, 4) is 5.75 Å². The first-order valence-corrected chi connectivity index (χ1v) is 6.98. The molecular weight excluding hydrogens is 280 g/mol. The highest BCUT2D eigenvalue weighted by molar-refractivity contribution is 5.91. The number of aromatic nitrogens is 1. The van der Waals surface area contributed by atoms with Crippen LogP contribution in [0.5, 0.6) is 5.75 Å². The fraction of sp³-hybridized carbons (Fsp3) is 0.294. The van der Waals surface area contributed by atoms with Gasteiger partial charge in [-0.25, -0.2) is 0 Å². The number of methoxy groups -OCH3 is 1. The molecule has 0 aliphatic carbocycles. The highest BCUT2D eigenvalue weighted by Gasteiger charge is 2.13. The number of carbonyl (C=O) groups excluding carboxylic acids is 1. The summed E-state index contributed by atoms with van der Waals surface area (Å²) in [7, 11) is 3.38. The first-order chi connectivity index (χ1) is 10.5. The lowest BCUT2D eigenvalue weighted by molar-refractivity contribution is -0.125. The van der Waals surface area contributed by atoms with Crippen molar-refractivity contribution in [3.05, 3.63) is 53.2 Å². The van der Waals surface area contributed by atoms with Crippen molar-refractivity contribution in [2.75, 3.05) is 14.2 Å². The third-order valence-corrected chi connectivity index (χ3v) is 3.45. The molecule has 5 heteroatoms. The Morgan fingerprint density at radius 1 is 1.45 bits per heavy atom. The zero-order valence-electron chi connectivity index (χ0n) is 13.3. The molecule has 0 aliphatic heterocycles. The number of rotatable bonds is 5. The monoisotopic (exact) mass is 300 g/mol. The van der Waals surface area contributed by atoms with E-state index in [0.29, 0.717) is 12.3 Å². The number of amides is 1. The molecule has 22 heavy (non-hydrogen) atoms. The van der Waals surface area contributed by atoms with E-state index in [1.165, 1.54) is 6.08 Å². The third kappa shape index (κ3) is 3.55. The van der Waals surface area contributed by atoms with Crippen LogP contribution in [-0.4, -0.2) is 29.9 Å². The van der Waals surface area contributed by atoms with Gasteiger partial charge in [-0.3, -0.25) is 9.78 Å². The number of hydrogen-bond donors (Lipinski definition) is 0. The first-order valence-electron chi connectivity index (χ1n) is 6.98. The summed E-state index contributed by atoms with van der Waals surface area (Å²) in [4.78, 5) is 18.1. The summed E-state index contributed by atoms with van der Waals surface area (Å²) in [6.45, 7) is 4.32. The third-order valence-electron chi connectivity index (χ3n) is 3.45. The minimum absolute atomic E-state index is 0.114. The Balaban J connectivity index is 2.08. The SMILES string of the molecule is COc1c(C)cnc(CN(C)C(=O)/C=C/c2ccco2)c1C. The zero-order chi connectivity index (χ0) is 16.1. The number of pyridine rings is 1. The van der Waals surface area contributed by atoms with Gasteiger partial charge < -0.3 is 14.1 Å². The lowest BCUT2D eigenvalue weighted by atomic mass is 10.1. The lowest BCUT2D eigenvalue weighted by Gasteiger charge is -2.18. The molecule has 0 saturated carbocycles. The molecule has 2 rings (SSSR count). The maximum absolute atomic E-state index is 12.1. The standard InChI is InChI=1S/C17H20N2O3/c1-12-10-18-15(13(2)17(12)21-4)11-19(3)16(20)8-7-14-6-5-9-22-14/h5-10H,11H2,1-4H3/b8-7+. The summed E-state index contributed by atoms with van der Waals surface area (Å²) in [5.41, 5.74) is 2.76. The van der Waals surface area contributed by atoms with Crippen LogP contribution < -0.4 is 4.74 Å². The number of furan rings is 1. The van der Waals surface area contributed by atoms with E-state index in [1.807, 2.05) is 13.8 Å². The molecule has 0 saturated heterocycles. The van der Waals surface area contributed by atoms with E-state index in [9.17, 15) is 4.79 Å². The number of ether oxygens (including phenoxy) is 1. The van der Waals surface area contributed by atoms with Gasteiger partial charge in [0.1, 0.15) is 11.5 Å². The first kappa shape index (κ1) is 15.8. The van der Waals surface area contributed by atoms with Crippen LogP contribution in [-0.2, 0) is 11.3 Å². The average Bonchev–Trinajstić information content (AvgIpc) is 3.01. The molecule has 0 radical (unpaired) electrons. The predicted octanol–water partition coefficient (Wildman–Crippen LogP) is 2.97. The minimum Gasteiger partial charge on any atom is -0.496 e. The molecule has 0 aromatic carbocycles. The lowest BCUT2D eigenvalue weighted by Crippen LogP contribution is -2.25. The second kappa shape index (κ2) is 6.93. The summed E-state index contributed by atoms with van der Waals surface area (Å²) in [5, 5.41) is 0. The van der Waals surface area contributed by atoms with E-state index in [0.717, 1.165) is 22.6 Å². The van der Waals surface area contributed by atoms with Crippen LogP contribution in [0.2, 0.25) is 0 Å². The van der Waals surface area contributed by atoms with Crippen molar-refractivity contribution >= 4 is 12.0 Å². The molecule has 116 valence electrons. The van der Waals surface area contributed by atoms with Gasteiger partial charge in [-0.05, 0) is 32.1 Å². The normalized spacial score (nSPS) is 10.9. The molecule has 0 bridgehead atoms. The van der Waals surface area contributed by atoms with Crippen molar-refractivity contribution < 1.29 is 13.9 Å². The molecule has 0 fully saturated rings. The van der Waals surface area contributed by atoms with Crippen molar-refractivity contribution in [2.45, 2.75) is 20.4 Å². The van der Waals surface area contributed by atoms with Gasteiger partial charge >= 0.3 is 0 Å². The molecule has 1 amide bonds. The van der Waals surface area contributed by atoms with Gasteiger partial charge in [-0.15, -0.1) is 0 Å². The fourth-order valence-corrected chi connectivity index (χ4v) is 2.20. The summed E-state index contributed by atoms with van der Waals surface area (Å²) in [5.74, 6) is 1.35. The maximum Gasteiger partial charge on any atom is 0.246 e. The molecule has 5 nitrogen and oxygen atoms in total. The fourth-order valence-electron chi connectivity index (χ4n) is 2.20. The van der Waals surface area contributed by atoms with Crippen LogP contribution >= 0.6 is 0 Å². The molecule has 0 aliphatic rings. The predicted molar refractivity (Wildman–Crippen MR) is 84.5 cm³/mol. The Morgan fingerprint density at radius 3 is 2.86 bits per heavy atom.